The number of ether oxygens (including phenoxy) is 2. The maximum Gasteiger partial charge on any atom is 0.239 e. The van der Waals surface area contributed by atoms with Gasteiger partial charge in [0.25, 0.3) is 0 Å². The number of methoxy groups -OCH3 is 1. The highest BCUT2D eigenvalue weighted by Gasteiger charge is 2.44. The van der Waals surface area contributed by atoms with Crippen molar-refractivity contribution in [3.63, 3.8) is 0 Å². The summed E-state index contributed by atoms with van der Waals surface area (Å²) in [6, 6.07) is 9.62. The molecule has 0 saturated carbocycles. The zero-order valence-electron chi connectivity index (χ0n) is 13.3. The molecule has 0 radical (unpaired) electrons. The van der Waals surface area contributed by atoms with Crippen LogP contribution in [0.15, 0.2) is 41.4 Å². The number of nitrogens with zero attached hydrogens (tertiary/aromatic N) is 2. The second-order valence-electron chi connectivity index (χ2n) is 5.58. The van der Waals surface area contributed by atoms with Gasteiger partial charge in [-0.1, -0.05) is 22.3 Å². The molecule has 3 rings (SSSR count). The van der Waals surface area contributed by atoms with Crippen molar-refractivity contribution in [1.29, 1.82) is 0 Å². The minimum Gasteiger partial charge on any atom is -0.503 e. The summed E-state index contributed by atoms with van der Waals surface area (Å²) in [7, 11) is 1.56. The molecule has 2 aromatic rings. The Labute approximate surface area is 144 Å². The van der Waals surface area contributed by atoms with E-state index >= 15 is 0 Å². The standard InChI is InChI=1S/C17H17ClN2O4/c1-11(9-24-16-7-6-12(23-2)8-13(16)18)20(22)10-19-14-4-3-5-15(21)17(14)20/h3-8,10-11,22H,9H2,1-2H3/p+1/t11-,20-/m1/s1. The van der Waals surface area contributed by atoms with Crippen LogP contribution in [0.3, 0.4) is 0 Å². The Kier molecular flexibility index (Phi) is 4.36. The number of quaternary nitrogens is 1. The van der Waals surface area contributed by atoms with E-state index in [4.69, 9.17) is 21.1 Å². The summed E-state index contributed by atoms with van der Waals surface area (Å²) in [5.41, 5.74) is 0.876. The van der Waals surface area contributed by atoms with Crippen molar-refractivity contribution < 1.29 is 19.8 Å². The van der Waals surface area contributed by atoms with Crippen molar-refractivity contribution in [3.8, 4) is 17.2 Å². The summed E-state index contributed by atoms with van der Waals surface area (Å²) in [4.78, 5) is 4.17. The Balaban J connectivity index is 1.77. The van der Waals surface area contributed by atoms with E-state index in [1.54, 1.807) is 44.4 Å². The fraction of sp³-hybridized carbons (Fsp3) is 0.235. The van der Waals surface area contributed by atoms with Gasteiger partial charge in [0.15, 0.2) is 11.8 Å². The molecule has 0 aliphatic carbocycles. The Morgan fingerprint density at radius 3 is 2.79 bits per heavy atom. The first-order chi connectivity index (χ1) is 11.5. The summed E-state index contributed by atoms with van der Waals surface area (Å²) >= 11 is 6.15. The molecular formula is C17H18ClN2O4+. The number of rotatable bonds is 5. The van der Waals surface area contributed by atoms with Gasteiger partial charge >= 0.3 is 0 Å². The largest absolute Gasteiger partial charge is 0.503 e. The van der Waals surface area contributed by atoms with Crippen LogP contribution in [0, 0.1) is 0 Å². The number of benzene rings is 2. The number of para-hydroxylation sites is 1. The molecule has 2 atom stereocenters. The molecule has 126 valence electrons. The van der Waals surface area contributed by atoms with E-state index in [2.05, 4.69) is 4.99 Å². The van der Waals surface area contributed by atoms with Crippen molar-refractivity contribution in [2.45, 2.75) is 13.0 Å². The van der Waals surface area contributed by atoms with Gasteiger partial charge in [-0.15, -0.1) is 0 Å². The number of phenols is 1. The average molecular weight is 350 g/mol. The third-order valence-electron chi connectivity index (χ3n) is 4.02. The van der Waals surface area contributed by atoms with Crippen molar-refractivity contribution in [2.24, 2.45) is 4.99 Å². The van der Waals surface area contributed by atoms with Crippen LogP contribution in [-0.4, -0.2) is 36.4 Å². The van der Waals surface area contributed by atoms with Gasteiger partial charge in [-0.2, -0.15) is 4.99 Å². The highest BCUT2D eigenvalue weighted by Crippen LogP contribution is 2.44. The first-order valence-corrected chi connectivity index (χ1v) is 7.79. The number of hydroxylamine groups is 2. The minimum atomic E-state index is -0.629. The molecule has 0 spiro atoms. The quantitative estimate of drug-likeness (QED) is 0.803. The second kappa shape index (κ2) is 6.32. The summed E-state index contributed by atoms with van der Waals surface area (Å²) < 4.78 is 10.2. The molecule has 7 heteroatoms. The SMILES string of the molecule is COc1ccc(OC[C@@H](C)[N@+]2(O)C=Nc3cccc(O)c32)c(Cl)c1. The number of halogens is 1. The normalized spacial score (nSPS) is 19.8. The third kappa shape index (κ3) is 2.80. The number of aromatic hydroxyl groups is 1. The van der Waals surface area contributed by atoms with Crippen molar-refractivity contribution in [1.82, 2.24) is 4.65 Å². The van der Waals surface area contributed by atoms with Crippen LogP contribution < -0.4 is 14.1 Å². The Morgan fingerprint density at radius 2 is 2.08 bits per heavy atom. The van der Waals surface area contributed by atoms with Crippen LogP contribution in [-0.2, 0) is 0 Å². The Bertz CT molecular complexity index is 796. The fourth-order valence-electron chi connectivity index (χ4n) is 2.58. The molecule has 1 aliphatic rings. The molecule has 24 heavy (non-hydrogen) atoms. The van der Waals surface area contributed by atoms with E-state index in [1.165, 1.54) is 12.4 Å². The smallest absolute Gasteiger partial charge is 0.239 e. The lowest BCUT2D eigenvalue weighted by atomic mass is 10.2. The van der Waals surface area contributed by atoms with Crippen molar-refractivity contribution in [2.75, 3.05) is 13.7 Å². The lowest BCUT2D eigenvalue weighted by Crippen LogP contribution is -2.53. The van der Waals surface area contributed by atoms with Gasteiger partial charge in [0.1, 0.15) is 23.8 Å². The minimum absolute atomic E-state index is 0.0122. The van der Waals surface area contributed by atoms with Crippen LogP contribution in [0.2, 0.25) is 5.02 Å². The van der Waals surface area contributed by atoms with Crippen LogP contribution in [0.1, 0.15) is 6.92 Å². The molecule has 0 aromatic heterocycles. The summed E-state index contributed by atoms with van der Waals surface area (Å²) in [6.07, 6.45) is 1.38. The van der Waals surface area contributed by atoms with Gasteiger partial charge in [-0.05, 0) is 31.2 Å². The molecule has 0 saturated heterocycles. The van der Waals surface area contributed by atoms with Crippen molar-refractivity contribution in [3.05, 3.63) is 41.4 Å². The number of fused-ring (bicyclic) bond motifs is 1. The van der Waals surface area contributed by atoms with Crippen LogP contribution in [0.4, 0.5) is 11.4 Å². The molecule has 0 fully saturated rings. The van der Waals surface area contributed by atoms with Gasteiger partial charge in [-0.3, -0.25) is 0 Å². The van der Waals surface area contributed by atoms with Gasteiger partial charge < -0.3 is 14.6 Å². The summed E-state index contributed by atoms with van der Waals surface area (Å²) in [5, 5.41) is 21.4. The lowest BCUT2D eigenvalue weighted by molar-refractivity contribution is -0.0436. The van der Waals surface area contributed by atoms with Crippen LogP contribution in [0.5, 0.6) is 17.2 Å². The monoisotopic (exact) mass is 349 g/mol. The predicted molar refractivity (Wildman–Crippen MR) is 92.8 cm³/mol. The fourth-order valence-corrected chi connectivity index (χ4v) is 2.81. The first kappa shape index (κ1) is 16.6. The van der Waals surface area contributed by atoms with Gasteiger partial charge in [0.05, 0.1) is 12.1 Å². The summed E-state index contributed by atoms with van der Waals surface area (Å²) in [6.45, 7) is 1.97. The Morgan fingerprint density at radius 1 is 1.29 bits per heavy atom. The number of aliphatic imine (C=N–C) groups is 1. The molecule has 0 bridgehead atoms. The Hall–Kier alpha value is -2.28. The molecule has 1 heterocycles. The number of phenolic OH excluding ortho intramolecular Hbond substituents is 1. The van der Waals surface area contributed by atoms with Crippen molar-refractivity contribution >= 4 is 29.3 Å². The molecular weight excluding hydrogens is 332 g/mol. The van der Waals surface area contributed by atoms with Crippen LogP contribution >= 0.6 is 11.6 Å². The van der Waals surface area contributed by atoms with Gasteiger partial charge in [0, 0.05) is 6.07 Å². The highest BCUT2D eigenvalue weighted by molar-refractivity contribution is 6.32. The van der Waals surface area contributed by atoms with E-state index in [0.29, 0.717) is 27.9 Å². The zero-order chi connectivity index (χ0) is 17.3. The third-order valence-corrected chi connectivity index (χ3v) is 4.31. The molecule has 2 aromatic carbocycles. The van der Waals surface area contributed by atoms with E-state index in [-0.39, 0.29) is 12.4 Å². The predicted octanol–water partition coefficient (Wildman–Crippen LogP) is 3.89. The van der Waals surface area contributed by atoms with Gasteiger partial charge in [-0.25, -0.2) is 5.21 Å². The second-order valence-corrected chi connectivity index (χ2v) is 5.99. The molecule has 1 aliphatic heterocycles. The van der Waals surface area contributed by atoms with E-state index < -0.39 is 10.7 Å². The van der Waals surface area contributed by atoms with Crippen LogP contribution in [0.25, 0.3) is 0 Å². The maximum atomic E-state index is 10.9. The van der Waals surface area contributed by atoms with E-state index in [1.807, 2.05) is 0 Å². The topological polar surface area (TPSA) is 71.3 Å². The lowest BCUT2D eigenvalue weighted by Gasteiger charge is -2.28. The summed E-state index contributed by atoms with van der Waals surface area (Å²) in [5.74, 6) is 1.11. The van der Waals surface area contributed by atoms with E-state index in [9.17, 15) is 10.3 Å². The number of hydrogen-bond donors (Lipinski definition) is 2. The molecule has 0 unspecified atom stereocenters. The maximum absolute atomic E-state index is 10.9. The first-order valence-electron chi connectivity index (χ1n) is 7.41. The zero-order valence-corrected chi connectivity index (χ0v) is 14.1. The highest BCUT2D eigenvalue weighted by atomic mass is 35.5. The average Bonchev–Trinajstić information content (AvgIpc) is 2.93. The molecule has 0 amide bonds. The molecule has 6 nitrogen and oxygen atoms in total. The molecule has 2 N–H and O–H groups in total. The van der Waals surface area contributed by atoms with Gasteiger partial charge in [0.2, 0.25) is 12.0 Å². The number of hydrogen-bond acceptors (Lipinski definition) is 5. The van der Waals surface area contributed by atoms with E-state index in [0.717, 1.165) is 0 Å².